The third-order valence-electron chi connectivity index (χ3n) is 3.01. The van der Waals surface area contributed by atoms with E-state index in [9.17, 15) is 4.79 Å². The lowest BCUT2D eigenvalue weighted by molar-refractivity contribution is -0.112. The molecule has 1 aromatic carbocycles. The van der Waals surface area contributed by atoms with Crippen molar-refractivity contribution in [1.82, 2.24) is 0 Å². The molecule has 1 rings (SSSR count). The van der Waals surface area contributed by atoms with Gasteiger partial charge >= 0.3 is 0 Å². The Morgan fingerprint density at radius 1 is 1.41 bits per heavy atom. The Balaban J connectivity index is 2.86. The van der Waals surface area contributed by atoms with Crippen molar-refractivity contribution >= 4 is 6.29 Å². The zero-order valence-corrected chi connectivity index (χ0v) is 10.6. The van der Waals surface area contributed by atoms with Crippen LogP contribution in [-0.2, 0) is 10.3 Å². The molecule has 0 heterocycles. The van der Waals surface area contributed by atoms with E-state index in [1.54, 1.807) is 7.11 Å². The van der Waals surface area contributed by atoms with Crippen LogP contribution in [0.15, 0.2) is 24.3 Å². The van der Waals surface area contributed by atoms with E-state index in [0.29, 0.717) is 6.42 Å². The van der Waals surface area contributed by atoms with Crippen molar-refractivity contribution in [2.24, 2.45) is 5.73 Å². The van der Waals surface area contributed by atoms with E-state index in [4.69, 9.17) is 10.5 Å². The van der Waals surface area contributed by atoms with Gasteiger partial charge in [-0.25, -0.2) is 0 Å². The molecular weight excluding hydrogens is 214 g/mol. The summed E-state index contributed by atoms with van der Waals surface area (Å²) in [6.07, 6.45) is 4.70. The largest absolute Gasteiger partial charge is 0.497 e. The maximum atomic E-state index is 11.3. The van der Waals surface area contributed by atoms with Crippen molar-refractivity contribution in [2.45, 2.75) is 38.1 Å². The van der Waals surface area contributed by atoms with E-state index in [2.05, 4.69) is 6.92 Å². The minimum atomic E-state index is -0.885. The molecule has 0 fully saturated rings. The van der Waals surface area contributed by atoms with Gasteiger partial charge in [0.1, 0.15) is 12.0 Å². The van der Waals surface area contributed by atoms with Gasteiger partial charge in [0.2, 0.25) is 0 Å². The fraction of sp³-hybridized carbons (Fsp3) is 0.500. The van der Waals surface area contributed by atoms with Crippen LogP contribution >= 0.6 is 0 Å². The Labute approximate surface area is 103 Å². The van der Waals surface area contributed by atoms with E-state index >= 15 is 0 Å². The molecule has 3 nitrogen and oxygen atoms in total. The lowest BCUT2D eigenvalue weighted by Crippen LogP contribution is -2.38. The summed E-state index contributed by atoms with van der Waals surface area (Å²) in [5.41, 5.74) is 6.10. The summed E-state index contributed by atoms with van der Waals surface area (Å²) in [6.45, 7) is 2.13. The standard InChI is InChI=1S/C14H21NO2/c1-3-4-5-9-14(15,11-16)12-7-6-8-13(10-12)17-2/h6-8,10-11H,3-5,9,15H2,1-2H3. The summed E-state index contributed by atoms with van der Waals surface area (Å²) < 4.78 is 5.15. The van der Waals surface area contributed by atoms with Crippen LogP contribution in [0.3, 0.4) is 0 Å². The molecule has 94 valence electrons. The molecule has 0 saturated carbocycles. The summed E-state index contributed by atoms with van der Waals surface area (Å²) in [6, 6.07) is 7.42. The van der Waals surface area contributed by atoms with Crippen molar-refractivity contribution < 1.29 is 9.53 Å². The monoisotopic (exact) mass is 235 g/mol. The number of ether oxygens (including phenoxy) is 1. The number of carbonyl (C=O) groups is 1. The summed E-state index contributed by atoms with van der Waals surface area (Å²) in [7, 11) is 1.61. The molecule has 3 heteroatoms. The lowest BCUT2D eigenvalue weighted by atomic mass is 9.87. The normalized spacial score (nSPS) is 14.1. The number of nitrogens with two attached hydrogens (primary N) is 1. The summed E-state index contributed by atoms with van der Waals surface area (Å²) in [5.74, 6) is 0.731. The smallest absolute Gasteiger partial charge is 0.144 e. The van der Waals surface area contributed by atoms with Crippen molar-refractivity contribution in [1.29, 1.82) is 0 Å². The second-order valence-corrected chi connectivity index (χ2v) is 4.35. The fourth-order valence-electron chi connectivity index (χ4n) is 1.85. The molecular formula is C14H21NO2. The highest BCUT2D eigenvalue weighted by Gasteiger charge is 2.26. The first-order valence-corrected chi connectivity index (χ1v) is 6.06. The van der Waals surface area contributed by atoms with Gasteiger partial charge in [0.05, 0.1) is 12.6 Å². The van der Waals surface area contributed by atoms with Gasteiger partial charge in [-0.1, -0.05) is 38.3 Å². The zero-order valence-electron chi connectivity index (χ0n) is 10.6. The van der Waals surface area contributed by atoms with Gasteiger partial charge in [0.25, 0.3) is 0 Å². The molecule has 0 aromatic heterocycles. The second kappa shape index (κ2) is 6.40. The van der Waals surface area contributed by atoms with Crippen molar-refractivity contribution in [3.05, 3.63) is 29.8 Å². The summed E-state index contributed by atoms with van der Waals surface area (Å²) in [5, 5.41) is 0. The van der Waals surface area contributed by atoms with E-state index in [1.165, 1.54) is 0 Å². The molecule has 0 aliphatic heterocycles. The van der Waals surface area contributed by atoms with Crippen molar-refractivity contribution in [3.8, 4) is 5.75 Å². The van der Waals surface area contributed by atoms with Crippen molar-refractivity contribution in [2.75, 3.05) is 7.11 Å². The van der Waals surface area contributed by atoms with Crippen LogP contribution in [0.2, 0.25) is 0 Å². The average Bonchev–Trinajstić information content (AvgIpc) is 2.39. The van der Waals surface area contributed by atoms with Crippen LogP contribution in [0, 0.1) is 0 Å². The number of rotatable bonds is 7. The van der Waals surface area contributed by atoms with Gasteiger partial charge < -0.3 is 15.3 Å². The maximum Gasteiger partial charge on any atom is 0.144 e. The molecule has 0 radical (unpaired) electrons. The van der Waals surface area contributed by atoms with Gasteiger partial charge in [-0.3, -0.25) is 0 Å². The molecule has 1 atom stereocenters. The topological polar surface area (TPSA) is 52.3 Å². The van der Waals surface area contributed by atoms with Crippen LogP contribution in [0.1, 0.15) is 38.2 Å². The van der Waals surface area contributed by atoms with E-state index < -0.39 is 5.54 Å². The molecule has 0 bridgehead atoms. The number of hydrogen-bond acceptors (Lipinski definition) is 3. The van der Waals surface area contributed by atoms with Gasteiger partial charge in [-0.15, -0.1) is 0 Å². The Morgan fingerprint density at radius 2 is 2.18 bits per heavy atom. The first-order valence-electron chi connectivity index (χ1n) is 6.06. The molecule has 17 heavy (non-hydrogen) atoms. The molecule has 0 aliphatic carbocycles. The Morgan fingerprint density at radius 3 is 2.76 bits per heavy atom. The summed E-state index contributed by atoms with van der Waals surface area (Å²) in [4.78, 5) is 11.3. The highest BCUT2D eigenvalue weighted by atomic mass is 16.5. The molecule has 1 unspecified atom stereocenters. The number of benzene rings is 1. The first kappa shape index (κ1) is 13.7. The Bertz CT molecular complexity index is 365. The summed E-state index contributed by atoms with van der Waals surface area (Å²) >= 11 is 0. The van der Waals surface area contributed by atoms with E-state index in [1.807, 2.05) is 24.3 Å². The van der Waals surface area contributed by atoms with Gasteiger partial charge in [0, 0.05) is 0 Å². The quantitative estimate of drug-likeness (QED) is 0.584. The third-order valence-corrected chi connectivity index (χ3v) is 3.01. The first-order chi connectivity index (χ1) is 8.16. The van der Waals surface area contributed by atoms with Gasteiger partial charge in [-0.2, -0.15) is 0 Å². The molecule has 2 N–H and O–H groups in total. The van der Waals surface area contributed by atoms with Crippen LogP contribution < -0.4 is 10.5 Å². The molecule has 0 spiro atoms. The van der Waals surface area contributed by atoms with Crippen LogP contribution in [0.4, 0.5) is 0 Å². The van der Waals surface area contributed by atoms with Crippen LogP contribution in [0.5, 0.6) is 5.75 Å². The number of carbonyl (C=O) groups excluding carboxylic acids is 1. The van der Waals surface area contributed by atoms with Gasteiger partial charge in [-0.05, 0) is 24.1 Å². The van der Waals surface area contributed by atoms with E-state index in [0.717, 1.165) is 36.9 Å². The van der Waals surface area contributed by atoms with E-state index in [-0.39, 0.29) is 0 Å². The zero-order chi connectivity index (χ0) is 12.7. The molecule has 0 aliphatic rings. The molecule has 1 aromatic rings. The van der Waals surface area contributed by atoms with Crippen molar-refractivity contribution in [3.63, 3.8) is 0 Å². The average molecular weight is 235 g/mol. The number of hydrogen-bond donors (Lipinski definition) is 1. The fourth-order valence-corrected chi connectivity index (χ4v) is 1.85. The van der Waals surface area contributed by atoms with Crippen LogP contribution in [-0.4, -0.2) is 13.4 Å². The third kappa shape index (κ3) is 3.56. The Kier molecular flexibility index (Phi) is 5.16. The number of aldehydes is 1. The Hall–Kier alpha value is -1.35. The maximum absolute atomic E-state index is 11.3. The highest BCUT2D eigenvalue weighted by molar-refractivity contribution is 5.67. The molecule has 0 saturated heterocycles. The highest BCUT2D eigenvalue weighted by Crippen LogP contribution is 2.25. The van der Waals surface area contributed by atoms with Crippen LogP contribution in [0.25, 0.3) is 0 Å². The molecule has 0 amide bonds. The number of unbranched alkanes of at least 4 members (excludes halogenated alkanes) is 2. The minimum absolute atomic E-state index is 0.678. The SMILES string of the molecule is CCCCCC(N)(C=O)c1cccc(OC)c1. The number of methoxy groups -OCH3 is 1. The second-order valence-electron chi connectivity index (χ2n) is 4.35. The predicted molar refractivity (Wildman–Crippen MR) is 69.1 cm³/mol. The predicted octanol–water partition coefficient (Wildman–Crippen LogP) is 2.63. The lowest BCUT2D eigenvalue weighted by Gasteiger charge is -2.24. The minimum Gasteiger partial charge on any atom is -0.497 e. The van der Waals surface area contributed by atoms with Gasteiger partial charge in [0.15, 0.2) is 0 Å².